The molecule has 2 amide bonds. The molecule has 1 atom stereocenters. The van der Waals surface area contributed by atoms with E-state index in [1.807, 2.05) is 0 Å². The highest BCUT2D eigenvalue weighted by atomic mass is 16.5. The van der Waals surface area contributed by atoms with Gasteiger partial charge in [-0.05, 0) is 31.5 Å². The zero-order valence-corrected chi connectivity index (χ0v) is 12.7. The molecule has 1 N–H and O–H groups in total. The van der Waals surface area contributed by atoms with Gasteiger partial charge in [0, 0.05) is 12.7 Å². The third kappa shape index (κ3) is 2.79. The number of carbonyl (C=O) groups is 2. The molecular formula is C16H17N3O3. The van der Waals surface area contributed by atoms with Crippen LogP contribution in [0.3, 0.4) is 0 Å². The number of nitriles is 1. The normalized spacial score (nSPS) is 17.8. The number of allylic oxidation sites excluding steroid dienone is 1. The Bertz CT molecular complexity index is 688. The van der Waals surface area contributed by atoms with Crippen LogP contribution in [0, 0.1) is 11.3 Å². The van der Waals surface area contributed by atoms with Crippen molar-refractivity contribution in [1.29, 1.82) is 5.26 Å². The lowest BCUT2D eigenvalue weighted by Crippen LogP contribution is -2.46. The Morgan fingerprint density at radius 1 is 1.50 bits per heavy atom. The fraction of sp³-hybridized carbons (Fsp3) is 0.312. The Labute approximate surface area is 129 Å². The maximum absolute atomic E-state index is 12.3. The first-order valence-corrected chi connectivity index (χ1v) is 6.91. The summed E-state index contributed by atoms with van der Waals surface area (Å²) in [6.07, 6.45) is 0. The van der Waals surface area contributed by atoms with Gasteiger partial charge in [-0.15, -0.1) is 0 Å². The smallest absolute Gasteiger partial charge is 0.338 e. The van der Waals surface area contributed by atoms with Gasteiger partial charge in [-0.3, -0.25) is 0 Å². The molecule has 0 saturated heterocycles. The monoisotopic (exact) mass is 299 g/mol. The van der Waals surface area contributed by atoms with Gasteiger partial charge in [0.15, 0.2) is 0 Å². The van der Waals surface area contributed by atoms with E-state index >= 15 is 0 Å². The van der Waals surface area contributed by atoms with Crippen LogP contribution in [0.2, 0.25) is 0 Å². The van der Waals surface area contributed by atoms with Crippen molar-refractivity contribution in [1.82, 2.24) is 10.2 Å². The number of hydrogen-bond acceptors (Lipinski definition) is 4. The van der Waals surface area contributed by atoms with E-state index in [0.29, 0.717) is 22.4 Å². The highest BCUT2D eigenvalue weighted by Crippen LogP contribution is 2.30. The van der Waals surface area contributed by atoms with Gasteiger partial charge in [-0.25, -0.2) is 9.59 Å². The maximum Gasteiger partial charge on any atom is 0.338 e. The highest BCUT2D eigenvalue weighted by molar-refractivity contribution is 5.95. The molecule has 6 heteroatoms. The molecule has 22 heavy (non-hydrogen) atoms. The zero-order chi connectivity index (χ0) is 16.3. The molecule has 114 valence electrons. The van der Waals surface area contributed by atoms with Crippen LogP contribution in [-0.4, -0.2) is 30.6 Å². The van der Waals surface area contributed by atoms with E-state index in [0.717, 1.165) is 0 Å². The zero-order valence-electron chi connectivity index (χ0n) is 12.7. The molecule has 1 aliphatic rings. The predicted octanol–water partition coefficient (Wildman–Crippen LogP) is 2.09. The van der Waals surface area contributed by atoms with Crippen LogP contribution in [0.25, 0.3) is 0 Å². The van der Waals surface area contributed by atoms with Crippen LogP contribution < -0.4 is 5.32 Å². The minimum absolute atomic E-state index is 0.248. The molecule has 0 spiro atoms. The quantitative estimate of drug-likeness (QED) is 0.866. The summed E-state index contributed by atoms with van der Waals surface area (Å²) in [7, 11) is 1.59. The lowest BCUT2D eigenvalue weighted by Gasteiger charge is -2.33. The predicted molar refractivity (Wildman–Crippen MR) is 79.5 cm³/mol. The van der Waals surface area contributed by atoms with E-state index in [-0.39, 0.29) is 12.6 Å². The number of amides is 2. The van der Waals surface area contributed by atoms with Crippen molar-refractivity contribution >= 4 is 12.0 Å². The summed E-state index contributed by atoms with van der Waals surface area (Å²) in [4.78, 5) is 25.7. The van der Waals surface area contributed by atoms with Gasteiger partial charge in [0.05, 0.1) is 29.9 Å². The summed E-state index contributed by atoms with van der Waals surface area (Å²) < 4.78 is 5.10. The van der Waals surface area contributed by atoms with Crippen molar-refractivity contribution in [3.05, 3.63) is 46.7 Å². The van der Waals surface area contributed by atoms with Crippen molar-refractivity contribution in [2.45, 2.75) is 19.9 Å². The molecule has 0 fully saturated rings. The molecule has 0 aliphatic carbocycles. The van der Waals surface area contributed by atoms with Gasteiger partial charge in [-0.1, -0.05) is 12.1 Å². The SMILES string of the molecule is CCOC(=O)C1=C(C)N(C)C(=O)N[C@@H]1c1cccc(C#N)c1. The summed E-state index contributed by atoms with van der Waals surface area (Å²) in [5, 5.41) is 11.8. The molecular weight excluding hydrogens is 282 g/mol. The number of rotatable bonds is 3. The molecule has 0 saturated carbocycles. The second-order valence-electron chi connectivity index (χ2n) is 4.90. The summed E-state index contributed by atoms with van der Waals surface area (Å²) in [6, 6.07) is 7.92. The molecule has 1 aromatic rings. The minimum Gasteiger partial charge on any atom is -0.463 e. The molecule has 6 nitrogen and oxygen atoms in total. The van der Waals surface area contributed by atoms with Crippen LogP contribution in [0.4, 0.5) is 4.79 Å². The summed E-state index contributed by atoms with van der Waals surface area (Å²) >= 11 is 0. The van der Waals surface area contributed by atoms with Crippen LogP contribution in [-0.2, 0) is 9.53 Å². The van der Waals surface area contributed by atoms with E-state index < -0.39 is 12.0 Å². The molecule has 2 rings (SSSR count). The van der Waals surface area contributed by atoms with E-state index in [9.17, 15) is 9.59 Å². The number of hydrogen-bond donors (Lipinski definition) is 1. The summed E-state index contributed by atoms with van der Waals surface area (Å²) in [5.74, 6) is -0.473. The lowest BCUT2D eigenvalue weighted by atomic mass is 9.94. The molecule has 0 aromatic heterocycles. The number of nitrogens with one attached hydrogen (secondary N) is 1. The minimum atomic E-state index is -0.629. The van der Waals surface area contributed by atoms with Gasteiger partial charge < -0.3 is 15.0 Å². The molecule has 0 radical (unpaired) electrons. The summed E-state index contributed by atoms with van der Waals surface area (Å²) in [6.45, 7) is 3.68. The number of benzene rings is 1. The fourth-order valence-electron chi connectivity index (χ4n) is 2.35. The van der Waals surface area contributed by atoms with Gasteiger partial charge in [-0.2, -0.15) is 5.26 Å². The maximum atomic E-state index is 12.3. The number of ether oxygens (including phenoxy) is 1. The first kappa shape index (κ1) is 15.6. The first-order chi connectivity index (χ1) is 10.5. The number of nitrogens with zero attached hydrogens (tertiary/aromatic N) is 2. The fourth-order valence-corrected chi connectivity index (χ4v) is 2.35. The number of carbonyl (C=O) groups excluding carboxylic acids is 2. The van der Waals surface area contributed by atoms with Crippen molar-refractivity contribution in [3.63, 3.8) is 0 Å². The average Bonchev–Trinajstić information content (AvgIpc) is 2.52. The Kier molecular flexibility index (Phi) is 4.47. The van der Waals surface area contributed by atoms with Crippen molar-refractivity contribution < 1.29 is 14.3 Å². The average molecular weight is 299 g/mol. The largest absolute Gasteiger partial charge is 0.463 e. The summed E-state index contributed by atoms with van der Waals surface area (Å²) in [5.41, 5.74) is 2.04. The standard InChI is InChI=1S/C16H17N3O3/c1-4-22-15(20)13-10(2)19(3)16(21)18-14(13)12-7-5-6-11(8-12)9-17/h5-8,14H,4H2,1-3H3,(H,18,21)/t14-/m1/s1. The van der Waals surface area contributed by atoms with E-state index in [4.69, 9.17) is 10.00 Å². The van der Waals surface area contributed by atoms with Crippen molar-refractivity contribution in [2.75, 3.05) is 13.7 Å². The molecule has 1 heterocycles. The Morgan fingerprint density at radius 3 is 2.86 bits per heavy atom. The van der Waals surface area contributed by atoms with Crippen molar-refractivity contribution in [2.24, 2.45) is 0 Å². The molecule has 0 bridgehead atoms. The Balaban J connectivity index is 2.53. The van der Waals surface area contributed by atoms with E-state index in [2.05, 4.69) is 11.4 Å². The van der Waals surface area contributed by atoms with Crippen molar-refractivity contribution in [3.8, 4) is 6.07 Å². The molecule has 1 aromatic carbocycles. The number of urea groups is 1. The van der Waals surface area contributed by atoms with Crippen LogP contribution in [0.15, 0.2) is 35.5 Å². The Morgan fingerprint density at radius 2 is 2.23 bits per heavy atom. The lowest BCUT2D eigenvalue weighted by molar-refractivity contribution is -0.139. The van der Waals surface area contributed by atoms with Gasteiger partial charge in [0.25, 0.3) is 0 Å². The molecule has 1 aliphatic heterocycles. The van der Waals surface area contributed by atoms with Gasteiger partial charge >= 0.3 is 12.0 Å². The van der Waals surface area contributed by atoms with Gasteiger partial charge in [0.1, 0.15) is 0 Å². The second kappa shape index (κ2) is 6.31. The van der Waals surface area contributed by atoms with Crippen LogP contribution in [0.5, 0.6) is 0 Å². The second-order valence-corrected chi connectivity index (χ2v) is 4.90. The number of esters is 1. The third-order valence-corrected chi connectivity index (χ3v) is 3.60. The van der Waals surface area contributed by atoms with Crippen LogP contribution in [0.1, 0.15) is 31.0 Å². The first-order valence-electron chi connectivity index (χ1n) is 6.91. The molecule has 0 unspecified atom stereocenters. The topological polar surface area (TPSA) is 82.4 Å². The third-order valence-electron chi connectivity index (χ3n) is 3.60. The van der Waals surface area contributed by atoms with Crippen LogP contribution >= 0.6 is 0 Å². The van der Waals surface area contributed by atoms with Gasteiger partial charge in [0.2, 0.25) is 0 Å². The Hall–Kier alpha value is -2.81. The van der Waals surface area contributed by atoms with E-state index in [1.54, 1.807) is 45.2 Å². The highest BCUT2D eigenvalue weighted by Gasteiger charge is 2.34. The van der Waals surface area contributed by atoms with E-state index in [1.165, 1.54) is 4.90 Å².